The summed E-state index contributed by atoms with van der Waals surface area (Å²) in [7, 11) is 0. The van der Waals surface area contributed by atoms with Crippen molar-refractivity contribution < 1.29 is 9.84 Å². The molecule has 1 heterocycles. The Morgan fingerprint density at radius 2 is 2.39 bits per heavy atom. The summed E-state index contributed by atoms with van der Waals surface area (Å²) in [5.74, 6) is 0.944. The maximum atomic E-state index is 9.09. The van der Waals surface area contributed by atoms with Gasteiger partial charge in [0.05, 0.1) is 12.3 Å². The number of nitrogens with one attached hydrogen (secondary N) is 2. The molecular formula is C14H22N2O2. The van der Waals surface area contributed by atoms with Crippen molar-refractivity contribution in [2.45, 2.75) is 25.8 Å². The van der Waals surface area contributed by atoms with Gasteiger partial charge in [0.25, 0.3) is 0 Å². The van der Waals surface area contributed by atoms with Gasteiger partial charge in [-0.2, -0.15) is 0 Å². The molecule has 3 N–H and O–H groups in total. The minimum atomic E-state index is 0.204. The van der Waals surface area contributed by atoms with Crippen LogP contribution in [-0.4, -0.2) is 37.5 Å². The van der Waals surface area contributed by atoms with E-state index in [1.165, 1.54) is 5.56 Å². The number of hydrogen-bond donors (Lipinski definition) is 3. The van der Waals surface area contributed by atoms with E-state index in [2.05, 4.69) is 29.7 Å². The lowest BCUT2D eigenvalue weighted by Gasteiger charge is -2.20. The van der Waals surface area contributed by atoms with Crippen LogP contribution in [0.3, 0.4) is 0 Å². The van der Waals surface area contributed by atoms with E-state index >= 15 is 0 Å². The second kappa shape index (κ2) is 6.61. The van der Waals surface area contributed by atoms with Gasteiger partial charge >= 0.3 is 0 Å². The van der Waals surface area contributed by atoms with Gasteiger partial charge in [-0.05, 0) is 37.1 Å². The van der Waals surface area contributed by atoms with Gasteiger partial charge in [-0.1, -0.05) is 13.0 Å². The molecule has 100 valence electrons. The van der Waals surface area contributed by atoms with Crippen molar-refractivity contribution in [1.82, 2.24) is 5.32 Å². The molecule has 1 aromatic carbocycles. The third kappa shape index (κ3) is 3.37. The molecule has 1 aromatic rings. The van der Waals surface area contributed by atoms with Crippen molar-refractivity contribution in [1.29, 1.82) is 0 Å². The highest BCUT2D eigenvalue weighted by molar-refractivity contribution is 5.59. The number of aliphatic hydroxyl groups is 1. The summed E-state index contributed by atoms with van der Waals surface area (Å²) in [6.45, 7) is 4.78. The van der Waals surface area contributed by atoms with E-state index in [1.54, 1.807) is 0 Å². The van der Waals surface area contributed by atoms with Crippen LogP contribution in [0, 0.1) is 0 Å². The molecule has 0 amide bonds. The first-order chi connectivity index (χ1) is 8.83. The summed E-state index contributed by atoms with van der Waals surface area (Å²) in [6, 6.07) is 6.49. The Bertz CT molecular complexity index is 378. The monoisotopic (exact) mass is 250 g/mol. The van der Waals surface area contributed by atoms with Crippen LogP contribution in [0.1, 0.15) is 18.9 Å². The summed E-state index contributed by atoms with van der Waals surface area (Å²) >= 11 is 0. The molecule has 18 heavy (non-hydrogen) atoms. The molecule has 4 nitrogen and oxygen atoms in total. The summed E-state index contributed by atoms with van der Waals surface area (Å²) < 4.78 is 5.54. The number of anilines is 1. The Labute approximate surface area is 108 Å². The largest absolute Gasteiger partial charge is 0.490 e. The zero-order valence-electron chi connectivity index (χ0n) is 10.9. The third-order valence-corrected chi connectivity index (χ3v) is 3.28. The second-order valence-corrected chi connectivity index (χ2v) is 4.60. The Kier molecular flexibility index (Phi) is 4.84. The Morgan fingerprint density at radius 1 is 1.50 bits per heavy atom. The van der Waals surface area contributed by atoms with E-state index in [1.807, 2.05) is 6.07 Å². The zero-order chi connectivity index (χ0) is 12.8. The van der Waals surface area contributed by atoms with Gasteiger partial charge in [-0.25, -0.2) is 0 Å². The Hall–Kier alpha value is -1.26. The molecule has 2 rings (SSSR count). The van der Waals surface area contributed by atoms with E-state index in [-0.39, 0.29) is 12.6 Å². The first kappa shape index (κ1) is 13.2. The summed E-state index contributed by atoms with van der Waals surface area (Å²) in [6.07, 6.45) is 1.92. The van der Waals surface area contributed by atoms with Gasteiger partial charge in [0, 0.05) is 12.6 Å². The van der Waals surface area contributed by atoms with Crippen molar-refractivity contribution in [3.63, 3.8) is 0 Å². The quantitative estimate of drug-likeness (QED) is 0.714. The van der Waals surface area contributed by atoms with Crippen molar-refractivity contribution in [2.75, 3.05) is 31.6 Å². The topological polar surface area (TPSA) is 53.5 Å². The molecule has 4 heteroatoms. The maximum Gasteiger partial charge on any atom is 0.142 e. The molecule has 0 bridgehead atoms. The van der Waals surface area contributed by atoms with Gasteiger partial charge in [-0.3, -0.25) is 0 Å². The van der Waals surface area contributed by atoms with Crippen LogP contribution in [-0.2, 0) is 6.42 Å². The molecule has 0 saturated carbocycles. The van der Waals surface area contributed by atoms with Gasteiger partial charge in [0.1, 0.15) is 12.4 Å². The molecule has 1 unspecified atom stereocenters. The molecule has 0 aromatic heterocycles. The van der Waals surface area contributed by atoms with Crippen LogP contribution in [0.4, 0.5) is 5.69 Å². The molecule has 1 aliphatic rings. The molecule has 0 spiro atoms. The predicted octanol–water partition coefficient (Wildman–Crippen LogP) is 1.39. The van der Waals surface area contributed by atoms with Crippen molar-refractivity contribution in [2.24, 2.45) is 0 Å². The van der Waals surface area contributed by atoms with E-state index in [0.717, 1.165) is 44.0 Å². The average Bonchev–Trinajstić information content (AvgIpc) is 2.43. The first-order valence-electron chi connectivity index (χ1n) is 6.67. The fourth-order valence-electron chi connectivity index (χ4n) is 2.10. The van der Waals surface area contributed by atoms with Crippen LogP contribution in [0.5, 0.6) is 5.75 Å². The van der Waals surface area contributed by atoms with Crippen LogP contribution in [0.15, 0.2) is 18.2 Å². The van der Waals surface area contributed by atoms with E-state index in [9.17, 15) is 0 Å². The predicted molar refractivity (Wildman–Crippen MR) is 73.3 cm³/mol. The lowest BCUT2D eigenvalue weighted by Crippen LogP contribution is -2.33. The van der Waals surface area contributed by atoms with Crippen molar-refractivity contribution >= 4 is 5.69 Å². The van der Waals surface area contributed by atoms with Crippen LogP contribution in [0.2, 0.25) is 0 Å². The fraction of sp³-hybridized carbons (Fsp3) is 0.571. The van der Waals surface area contributed by atoms with E-state index < -0.39 is 0 Å². The fourth-order valence-corrected chi connectivity index (χ4v) is 2.10. The van der Waals surface area contributed by atoms with Crippen LogP contribution >= 0.6 is 0 Å². The van der Waals surface area contributed by atoms with E-state index in [0.29, 0.717) is 0 Å². The van der Waals surface area contributed by atoms with Crippen LogP contribution < -0.4 is 15.4 Å². The number of hydrogen-bond acceptors (Lipinski definition) is 4. The molecule has 0 saturated heterocycles. The molecule has 0 radical (unpaired) electrons. The van der Waals surface area contributed by atoms with Gasteiger partial charge < -0.3 is 20.5 Å². The lowest BCUT2D eigenvalue weighted by atomic mass is 10.1. The Morgan fingerprint density at radius 3 is 3.17 bits per heavy atom. The number of fused-ring (bicyclic) bond motifs is 1. The third-order valence-electron chi connectivity index (χ3n) is 3.28. The normalized spacial score (nSPS) is 15.4. The number of ether oxygens (including phenoxy) is 1. The second-order valence-electron chi connectivity index (χ2n) is 4.60. The van der Waals surface area contributed by atoms with E-state index in [4.69, 9.17) is 9.84 Å². The minimum Gasteiger partial charge on any atom is -0.490 e. The average molecular weight is 250 g/mol. The van der Waals surface area contributed by atoms with Gasteiger partial charge in [0.2, 0.25) is 0 Å². The first-order valence-corrected chi connectivity index (χ1v) is 6.67. The summed E-state index contributed by atoms with van der Waals surface area (Å²) in [4.78, 5) is 0. The summed E-state index contributed by atoms with van der Waals surface area (Å²) in [5, 5.41) is 15.8. The highest BCUT2D eigenvalue weighted by Crippen LogP contribution is 2.27. The minimum absolute atomic E-state index is 0.204. The number of aliphatic hydroxyl groups excluding tert-OH is 1. The van der Waals surface area contributed by atoms with Crippen molar-refractivity contribution in [3.05, 3.63) is 23.8 Å². The number of benzene rings is 1. The van der Waals surface area contributed by atoms with Crippen molar-refractivity contribution in [3.8, 4) is 5.75 Å². The maximum absolute atomic E-state index is 9.09. The smallest absolute Gasteiger partial charge is 0.142 e. The SMILES string of the molecule is CCC(CO)NCCc1ccc2c(c1)NCCO2. The molecule has 1 atom stereocenters. The molecule has 0 aliphatic carbocycles. The highest BCUT2D eigenvalue weighted by Gasteiger charge is 2.09. The molecule has 1 aliphatic heterocycles. The summed E-state index contributed by atoms with van der Waals surface area (Å²) in [5.41, 5.74) is 2.37. The highest BCUT2D eigenvalue weighted by atomic mass is 16.5. The molecular weight excluding hydrogens is 228 g/mol. The Balaban J connectivity index is 1.86. The zero-order valence-corrected chi connectivity index (χ0v) is 10.9. The lowest BCUT2D eigenvalue weighted by molar-refractivity contribution is 0.240. The van der Waals surface area contributed by atoms with Crippen LogP contribution in [0.25, 0.3) is 0 Å². The number of rotatable bonds is 6. The standard InChI is InChI=1S/C14H22N2O2/c1-2-12(10-17)15-6-5-11-3-4-14-13(9-11)16-7-8-18-14/h3-4,9,12,15-17H,2,5-8,10H2,1H3. The molecule has 0 fully saturated rings. The van der Waals surface area contributed by atoms with Gasteiger partial charge in [-0.15, -0.1) is 0 Å². The van der Waals surface area contributed by atoms with Gasteiger partial charge in [0.15, 0.2) is 0 Å².